The lowest BCUT2D eigenvalue weighted by atomic mass is 10.2. The zero-order chi connectivity index (χ0) is 18.1. The van der Waals surface area contributed by atoms with Crippen molar-refractivity contribution in [1.29, 1.82) is 0 Å². The van der Waals surface area contributed by atoms with E-state index in [0.29, 0.717) is 24.7 Å². The van der Waals surface area contributed by atoms with Gasteiger partial charge in [0.1, 0.15) is 0 Å². The second-order valence-corrected chi connectivity index (χ2v) is 4.83. The van der Waals surface area contributed by atoms with Crippen LogP contribution in [-0.2, 0) is 4.79 Å². The molecule has 7 heteroatoms. The van der Waals surface area contributed by atoms with Crippen molar-refractivity contribution in [2.45, 2.75) is 13.8 Å². The number of rotatable bonds is 7. The maximum absolute atomic E-state index is 11.8. The summed E-state index contributed by atoms with van der Waals surface area (Å²) in [6.07, 6.45) is 4.28. The summed E-state index contributed by atoms with van der Waals surface area (Å²) in [5, 5.41) is 0. The van der Waals surface area contributed by atoms with Crippen LogP contribution in [0.3, 0.4) is 0 Å². The third-order valence-corrected chi connectivity index (χ3v) is 3.04. The maximum atomic E-state index is 11.8. The number of hydrazine groups is 1. The van der Waals surface area contributed by atoms with E-state index < -0.39 is 11.8 Å². The van der Waals surface area contributed by atoms with Crippen LogP contribution in [0.1, 0.15) is 30.0 Å². The highest BCUT2D eigenvalue weighted by molar-refractivity contribution is 5.96. The molecule has 2 N–H and O–H groups in total. The molecule has 0 aliphatic heterocycles. The Morgan fingerprint density at radius 2 is 1.84 bits per heavy atom. The fraction of sp³-hybridized carbons (Fsp3) is 0.222. The molecule has 0 saturated carbocycles. The average molecular weight is 344 g/mol. The molecular weight excluding hydrogens is 324 g/mol. The molecule has 132 valence electrons. The molecular formula is C18H20N2O5. The van der Waals surface area contributed by atoms with E-state index in [1.54, 1.807) is 30.3 Å². The fourth-order valence-corrected chi connectivity index (χ4v) is 1.97. The first-order valence-corrected chi connectivity index (χ1v) is 7.85. The molecule has 0 spiro atoms. The van der Waals surface area contributed by atoms with Gasteiger partial charge in [-0.15, -0.1) is 0 Å². The Morgan fingerprint density at radius 1 is 1.08 bits per heavy atom. The second kappa shape index (κ2) is 9.17. The number of carbonyl (C=O) groups is 2. The van der Waals surface area contributed by atoms with Crippen LogP contribution in [0.2, 0.25) is 0 Å². The first-order chi connectivity index (χ1) is 12.1. The van der Waals surface area contributed by atoms with Gasteiger partial charge in [-0.2, -0.15) is 0 Å². The minimum Gasteiger partial charge on any atom is -0.490 e. The lowest BCUT2D eigenvalue weighted by Crippen LogP contribution is -2.40. The van der Waals surface area contributed by atoms with Crippen molar-refractivity contribution in [2.75, 3.05) is 13.2 Å². The summed E-state index contributed by atoms with van der Waals surface area (Å²) in [5.74, 6) is 0.352. The van der Waals surface area contributed by atoms with Gasteiger partial charge < -0.3 is 13.9 Å². The first-order valence-electron chi connectivity index (χ1n) is 7.85. The van der Waals surface area contributed by atoms with Crippen molar-refractivity contribution in [2.24, 2.45) is 0 Å². The minimum atomic E-state index is -0.536. The van der Waals surface area contributed by atoms with E-state index in [1.165, 1.54) is 18.4 Å². The predicted molar refractivity (Wildman–Crippen MR) is 92.1 cm³/mol. The molecule has 0 fully saturated rings. The lowest BCUT2D eigenvalue weighted by molar-refractivity contribution is -0.117. The SMILES string of the molecule is CCOc1ccc(/C=C/C(=O)NNC(=O)c2ccco2)cc1OCC. The molecule has 2 aromatic rings. The molecule has 0 saturated heterocycles. The normalized spacial score (nSPS) is 10.5. The molecule has 1 aromatic carbocycles. The first kappa shape index (κ1) is 18.1. The number of amides is 2. The maximum Gasteiger partial charge on any atom is 0.305 e. The van der Waals surface area contributed by atoms with Gasteiger partial charge in [-0.1, -0.05) is 6.07 Å². The Labute approximate surface area is 145 Å². The topological polar surface area (TPSA) is 89.8 Å². The Balaban J connectivity index is 1.94. The molecule has 1 aromatic heterocycles. The van der Waals surface area contributed by atoms with Crippen LogP contribution in [0.5, 0.6) is 11.5 Å². The second-order valence-electron chi connectivity index (χ2n) is 4.83. The Hall–Kier alpha value is -3.22. The molecule has 0 aliphatic carbocycles. The van der Waals surface area contributed by atoms with Crippen LogP contribution in [-0.4, -0.2) is 25.0 Å². The van der Waals surface area contributed by atoms with E-state index in [4.69, 9.17) is 13.9 Å². The van der Waals surface area contributed by atoms with E-state index in [1.807, 2.05) is 13.8 Å². The van der Waals surface area contributed by atoms with Crippen molar-refractivity contribution in [3.05, 3.63) is 54.0 Å². The summed E-state index contributed by atoms with van der Waals surface area (Å²) in [6, 6.07) is 8.44. The Bertz CT molecular complexity index is 738. The summed E-state index contributed by atoms with van der Waals surface area (Å²) >= 11 is 0. The quantitative estimate of drug-likeness (QED) is 0.595. The van der Waals surface area contributed by atoms with Gasteiger partial charge in [0.05, 0.1) is 19.5 Å². The lowest BCUT2D eigenvalue weighted by Gasteiger charge is -2.11. The average Bonchev–Trinajstić information content (AvgIpc) is 3.15. The molecule has 0 atom stereocenters. The highest BCUT2D eigenvalue weighted by atomic mass is 16.5. The summed E-state index contributed by atoms with van der Waals surface area (Å²) in [5.41, 5.74) is 5.29. The van der Waals surface area contributed by atoms with Gasteiger partial charge >= 0.3 is 5.91 Å². The monoisotopic (exact) mass is 344 g/mol. The third-order valence-electron chi connectivity index (χ3n) is 3.04. The Kier molecular flexibility index (Phi) is 6.65. The zero-order valence-electron chi connectivity index (χ0n) is 14.1. The van der Waals surface area contributed by atoms with Gasteiger partial charge in [0.2, 0.25) is 0 Å². The van der Waals surface area contributed by atoms with Crippen molar-refractivity contribution in [3.8, 4) is 11.5 Å². The van der Waals surface area contributed by atoms with Gasteiger partial charge in [-0.3, -0.25) is 20.4 Å². The number of ether oxygens (including phenoxy) is 2. The van der Waals surface area contributed by atoms with Crippen molar-refractivity contribution < 1.29 is 23.5 Å². The van der Waals surface area contributed by atoms with Gasteiger partial charge in [0.15, 0.2) is 17.3 Å². The van der Waals surface area contributed by atoms with E-state index >= 15 is 0 Å². The number of hydrogen-bond acceptors (Lipinski definition) is 5. The van der Waals surface area contributed by atoms with E-state index in [2.05, 4.69) is 10.9 Å². The molecule has 0 bridgehead atoms. The molecule has 0 unspecified atom stereocenters. The molecule has 2 rings (SSSR count). The van der Waals surface area contributed by atoms with E-state index in [0.717, 1.165) is 5.56 Å². The predicted octanol–water partition coefficient (Wildman–Crippen LogP) is 2.55. The number of hydrogen-bond donors (Lipinski definition) is 2. The smallest absolute Gasteiger partial charge is 0.305 e. The van der Waals surface area contributed by atoms with E-state index in [-0.39, 0.29) is 5.76 Å². The van der Waals surface area contributed by atoms with Gasteiger partial charge in [-0.05, 0) is 49.8 Å². The van der Waals surface area contributed by atoms with Crippen LogP contribution < -0.4 is 20.3 Å². The third kappa shape index (κ3) is 5.42. The molecule has 0 radical (unpaired) electrons. The fourth-order valence-electron chi connectivity index (χ4n) is 1.97. The highest BCUT2D eigenvalue weighted by Crippen LogP contribution is 2.28. The van der Waals surface area contributed by atoms with E-state index in [9.17, 15) is 9.59 Å². The van der Waals surface area contributed by atoms with Crippen molar-refractivity contribution in [3.63, 3.8) is 0 Å². The highest BCUT2D eigenvalue weighted by Gasteiger charge is 2.08. The van der Waals surface area contributed by atoms with Gasteiger partial charge in [0.25, 0.3) is 5.91 Å². The molecule has 7 nitrogen and oxygen atoms in total. The van der Waals surface area contributed by atoms with Gasteiger partial charge in [-0.25, -0.2) is 0 Å². The molecule has 1 heterocycles. The number of nitrogens with one attached hydrogen (secondary N) is 2. The van der Waals surface area contributed by atoms with Crippen LogP contribution in [0, 0.1) is 0 Å². The summed E-state index contributed by atoms with van der Waals surface area (Å²) in [4.78, 5) is 23.4. The largest absolute Gasteiger partial charge is 0.490 e. The summed E-state index contributed by atoms with van der Waals surface area (Å²) in [7, 11) is 0. The van der Waals surface area contributed by atoms with Gasteiger partial charge in [0, 0.05) is 6.08 Å². The number of benzene rings is 1. The Morgan fingerprint density at radius 3 is 2.52 bits per heavy atom. The van der Waals surface area contributed by atoms with Crippen LogP contribution in [0.15, 0.2) is 47.1 Å². The summed E-state index contributed by atoms with van der Waals surface area (Å²) < 4.78 is 15.9. The number of carbonyl (C=O) groups excluding carboxylic acids is 2. The van der Waals surface area contributed by atoms with Crippen LogP contribution >= 0.6 is 0 Å². The number of furan rings is 1. The summed E-state index contributed by atoms with van der Waals surface area (Å²) in [6.45, 7) is 4.82. The minimum absolute atomic E-state index is 0.108. The van der Waals surface area contributed by atoms with Crippen molar-refractivity contribution >= 4 is 17.9 Å². The molecule has 25 heavy (non-hydrogen) atoms. The van der Waals surface area contributed by atoms with Crippen molar-refractivity contribution in [1.82, 2.24) is 10.9 Å². The van der Waals surface area contributed by atoms with Crippen LogP contribution in [0.4, 0.5) is 0 Å². The zero-order valence-corrected chi connectivity index (χ0v) is 14.1. The van der Waals surface area contributed by atoms with Crippen LogP contribution in [0.25, 0.3) is 6.08 Å². The molecule has 0 aliphatic rings. The standard InChI is InChI=1S/C18H20N2O5/c1-3-23-14-9-7-13(12-16(14)24-4-2)8-10-17(21)19-20-18(22)15-6-5-11-25-15/h5-12H,3-4H2,1-2H3,(H,19,21)(H,20,22)/b10-8+. The molecule has 2 amide bonds.